The number of carbonyl (C=O) groups excluding carboxylic acids is 3. The Bertz CT molecular complexity index is 895. The van der Waals surface area contributed by atoms with Gasteiger partial charge in [0.2, 0.25) is 5.91 Å². The lowest BCUT2D eigenvalue weighted by molar-refractivity contribution is -0.116. The first-order valence-electron chi connectivity index (χ1n) is 9.03. The first-order chi connectivity index (χ1) is 13.1. The quantitative estimate of drug-likeness (QED) is 0.751. The predicted octanol–water partition coefficient (Wildman–Crippen LogP) is 2.57. The van der Waals surface area contributed by atoms with Gasteiger partial charge in [-0.2, -0.15) is 0 Å². The Morgan fingerprint density at radius 3 is 2.54 bits per heavy atom. The highest BCUT2D eigenvalue weighted by atomic mass is 35.5. The molecule has 0 saturated carbocycles. The maximum absolute atomic E-state index is 12.4. The third kappa shape index (κ3) is 3.80. The Labute approximate surface area is 173 Å². The number of benzene rings is 1. The standard InChI is InChI=1S/C19H20N4O3S.ClH/c1-2-8-22-9-7-14-15(10-22)27-19(20-14)21-16(24)11-23-17(25)12-5-3-4-6-13(12)18(23)26;/h3-6H,2,7-11H2,1H3,(H,20,21,24);1H. The van der Waals surface area contributed by atoms with Crippen molar-refractivity contribution in [1.29, 1.82) is 0 Å². The third-order valence-corrected chi connectivity index (χ3v) is 5.77. The molecule has 3 heterocycles. The molecule has 0 unspecified atom stereocenters. The molecular weight excluding hydrogens is 400 g/mol. The second-order valence-electron chi connectivity index (χ2n) is 6.71. The number of fused-ring (bicyclic) bond motifs is 2. The average molecular weight is 421 g/mol. The molecule has 1 N–H and O–H groups in total. The van der Waals surface area contributed by atoms with Gasteiger partial charge in [0, 0.05) is 24.4 Å². The number of hydrogen-bond acceptors (Lipinski definition) is 6. The van der Waals surface area contributed by atoms with Gasteiger partial charge in [-0.15, -0.1) is 23.7 Å². The maximum atomic E-state index is 12.4. The summed E-state index contributed by atoms with van der Waals surface area (Å²) in [5.41, 5.74) is 1.72. The van der Waals surface area contributed by atoms with Gasteiger partial charge in [0.15, 0.2) is 5.13 Å². The molecule has 1 aromatic carbocycles. The van der Waals surface area contributed by atoms with Crippen LogP contribution >= 0.6 is 23.7 Å². The number of nitrogens with zero attached hydrogens (tertiary/aromatic N) is 3. The lowest BCUT2D eigenvalue weighted by atomic mass is 10.1. The molecule has 0 bridgehead atoms. The summed E-state index contributed by atoms with van der Waals surface area (Å²) in [7, 11) is 0. The summed E-state index contributed by atoms with van der Waals surface area (Å²) in [5.74, 6) is -1.28. The molecule has 0 aliphatic carbocycles. The minimum Gasteiger partial charge on any atom is -0.300 e. The molecule has 28 heavy (non-hydrogen) atoms. The van der Waals surface area contributed by atoms with E-state index in [2.05, 4.69) is 22.1 Å². The van der Waals surface area contributed by atoms with Crippen molar-refractivity contribution in [1.82, 2.24) is 14.8 Å². The zero-order valence-electron chi connectivity index (χ0n) is 15.4. The van der Waals surface area contributed by atoms with Gasteiger partial charge in [0.25, 0.3) is 11.8 Å². The number of amides is 3. The fourth-order valence-electron chi connectivity index (χ4n) is 3.49. The van der Waals surface area contributed by atoms with Crippen LogP contribution < -0.4 is 5.32 Å². The van der Waals surface area contributed by atoms with Gasteiger partial charge >= 0.3 is 0 Å². The van der Waals surface area contributed by atoms with Gasteiger partial charge in [-0.1, -0.05) is 19.1 Å². The summed E-state index contributed by atoms with van der Waals surface area (Å²) < 4.78 is 0. The number of aromatic nitrogens is 1. The number of thiazole rings is 1. The second-order valence-corrected chi connectivity index (χ2v) is 7.79. The highest BCUT2D eigenvalue weighted by molar-refractivity contribution is 7.15. The average Bonchev–Trinajstić information content (AvgIpc) is 3.16. The molecule has 0 fully saturated rings. The van der Waals surface area contributed by atoms with Crippen LogP contribution in [-0.2, 0) is 17.8 Å². The van der Waals surface area contributed by atoms with Gasteiger partial charge in [-0.25, -0.2) is 4.98 Å². The topological polar surface area (TPSA) is 82.6 Å². The monoisotopic (exact) mass is 420 g/mol. The first-order valence-corrected chi connectivity index (χ1v) is 9.84. The van der Waals surface area contributed by atoms with Crippen LogP contribution in [0.4, 0.5) is 5.13 Å². The summed E-state index contributed by atoms with van der Waals surface area (Å²) in [5, 5.41) is 3.27. The van der Waals surface area contributed by atoms with Gasteiger partial charge in [0.1, 0.15) is 6.54 Å². The van der Waals surface area contributed by atoms with E-state index in [1.54, 1.807) is 24.3 Å². The molecule has 2 aromatic rings. The largest absolute Gasteiger partial charge is 0.300 e. The minimum atomic E-state index is -0.431. The molecule has 1 aromatic heterocycles. The zero-order valence-corrected chi connectivity index (χ0v) is 17.1. The van der Waals surface area contributed by atoms with E-state index in [9.17, 15) is 14.4 Å². The van der Waals surface area contributed by atoms with Crippen LogP contribution in [0.1, 0.15) is 44.6 Å². The molecule has 0 atom stereocenters. The number of carbonyl (C=O) groups is 3. The molecule has 3 amide bonds. The number of nitrogens with one attached hydrogen (secondary N) is 1. The minimum absolute atomic E-state index is 0. The molecule has 2 aliphatic rings. The van der Waals surface area contributed by atoms with Crippen molar-refractivity contribution in [3.05, 3.63) is 46.0 Å². The Morgan fingerprint density at radius 2 is 1.89 bits per heavy atom. The van der Waals surface area contributed by atoms with E-state index >= 15 is 0 Å². The second kappa shape index (κ2) is 8.38. The van der Waals surface area contributed by atoms with E-state index in [1.165, 1.54) is 16.2 Å². The summed E-state index contributed by atoms with van der Waals surface area (Å²) in [4.78, 5) is 46.1. The molecule has 0 radical (unpaired) electrons. The third-order valence-electron chi connectivity index (χ3n) is 4.78. The lowest BCUT2D eigenvalue weighted by Crippen LogP contribution is -2.37. The van der Waals surface area contributed by atoms with Crippen LogP contribution in [0.15, 0.2) is 24.3 Å². The van der Waals surface area contributed by atoms with Gasteiger partial charge in [0.05, 0.1) is 16.8 Å². The number of imide groups is 1. The molecule has 2 aliphatic heterocycles. The van der Waals surface area contributed by atoms with Crippen molar-refractivity contribution in [3.63, 3.8) is 0 Å². The summed E-state index contributed by atoms with van der Waals surface area (Å²) in [6.45, 7) is 4.74. The Morgan fingerprint density at radius 1 is 1.21 bits per heavy atom. The summed E-state index contributed by atoms with van der Waals surface area (Å²) >= 11 is 1.47. The van der Waals surface area contributed by atoms with Crippen LogP contribution in [0.3, 0.4) is 0 Å². The Kier molecular flexibility index (Phi) is 6.12. The maximum Gasteiger partial charge on any atom is 0.262 e. The van der Waals surface area contributed by atoms with Crippen LogP contribution in [-0.4, -0.2) is 52.1 Å². The first kappa shape index (κ1) is 20.4. The van der Waals surface area contributed by atoms with Gasteiger partial charge in [-0.3, -0.25) is 24.2 Å². The molecule has 9 heteroatoms. The van der Waals surface area contributed by atoms with Crippen LogP contribution in [0, 0.1) is 0 Å². The zero-order chi connectivity index (χ0) is 19.0. The summed E-state index contributed by atoms with van der Waals surface area (Å²) in [6, 6.07) is 6.61. The molecular formula is C19H21ClN4O3S. The van der Waals surface area contributed by atoms with E-state index in [1.807, 2.05) is 0 Å². The number of halogens is 1. The van der Waals surface area contributed by atoms with E-state index in [-0.39, 0.29) is 19.0 Å². The predicted molar refractivity (Wildman–Crippen MR) is 109 cm³/mol. The van der Waals surface area contributed by atoms with Crippen molar-refractivity contribution in [2.45, 2.75) is 26.3 Å². The highest BCUT2D eigenvalue weighted by Gasteiger charge is 2.36. The van der Waals surface area contributed by atoms with Crippen molar-refractivity contribution in [2.24, 2.45) is 0 Å². The van der Waals surface area contributed by atoms with E-state index in [0.717, 1.165) is 43.1 Å². The van der Waals surface area contributed by atoms with Crippen molar-refractivity contribution < 1.29 is 14.4 Å². The van der Waals surface area contributed by atoms with Crippen molar-refractivity contribution >= 4 is 46.6 Å². The van der Waals surface area contributed by atoms with E-state index in [4.69, 9.17) is 0 Å². The van der Waals surface area contributed by atoms with Gasteiger partial charge in [-0.05, 0) is 25.1 Å². The number of rotatable bonds is 5. The number of hydrogen-bond donors (Lipinski definition) is 1. The van der Waals surface area contributed by atoms with Crippen LogP contribution in [0.2, 0.25) is 0 Å². The SMILES string of the molecule is CCCN1CCc2nc(NC(=O)CN3C(=O)c4ccccc4C3=O)sc2C1.Cl. The fraction of sp³-hybridized carbons (Fsp3) is 0.368. The summed E-state index contributed by atoms with van der Waals surface area (Å²) in [6.07, 6.45) is 1.98. The van der Waals surface area contributed by atoms with E-state index < -0.39 is 17.7 Å². The molecule has 4 rings (SSSR count). The smallest absolute Gasteiger partial charge is 0.262 e. The molecule has 7 nitrogen and oxygen atoms in total. The molecule has 0 saturated heterocycles. The number of anilines is 1. The van der Waals surface area contributed by atoms with Crippen molar-refractivity contribution in [3.8, 4) is 0 Å². The van der Waals surface area contributed by atoms with Crippen LogP contribution in [0.5, 0.6) is 0 Å². The fourth-order valence-corrected chi connectivity index (χ4v) is 4.56. The molecule has 148 valence electrons. The van der Waals surface area contributed by atoms with Crippen molar-refractivity contribution in [2.75, 3.05) is 25.0 Å². The normalized spacial score (nSPS) is 15.8. The highest BCUT2D eigenvalue weighted by Crippen LogP contribution is 2.28. The van der Waals surface area contributed by atoms with E-state index in [0.29, 0.717) is 16.3 Å². The van der Waals surface area contributed by atoms with Crippen LogP contribution in [0.25, 0.3) is 0 Å². The van der Waals surface area contributed by atoms with Gasteiger partial charge < -0.3 is 5.32 Å². The Balaban J connectivity index is 0.00000225. The lowest BCUT2D eigenvalue weighted by Gasteiger charge is -2.24. The Hall–Kier alpha value is -2.29. The molecule has 0 spiro atoms.